The monoisotopic (exact) mass is 452 g/mol. The molecule has 1 atom stereocenters. The Bertz CT molecular complexity index is 1010. The van der Waals surface area contributed by atoms with Gasteiger partial charge in [0.25, 0.3) is 5.76 Å². The molecule has 0 bridgehead atoms. The van der Waals surface area contributed by atoms with Gasteiger partial charge in [-0.05, 0) is 55.5 Å². The van der Waals surface area contributed by atoms with E-state index in [4.69, 9.17) is 0 Å². The van der Waals surface area contributed by atoms with Gasteiger partial charge in [-0.2, -0.15) is 8.78 Å². The minimum absolute atomic E-state index is 0.0819. The summed E-state index contributed by atoms with van der Waals surface area (Å²) in [6.45, 7) is 1.77. The van der Waals surface area contributed by atoms with Gasteiger partial charge in [-0.1, -0.05) is 23.5 Å². The van der Waals surface area contributed by atoms with Crippen LogP contribution in [0.15, 0.2) is 58.6 Å². The maximum absolute atomic E-state index is 13.4. The number of carbonyl (C=O) groups is 1. The van der Waals surface area contributed by atoms with Crippen LogP contribution in [0.4, 0.5) is 13.2 Å². The summed E-state index contributed by atoms with van der Waals surface area (Å²) >= 11 is 1.69. The van der Waals surface area contributed by atoms with Gasteiger partial charge in [-0.3, -0.25) is 9.36 Å². The average molecular weight is 453 g/mol. The fraction of sp³-hybridized carbons (Fsp3) is 0.250. The molecule has 0 fully saturated rings. The highest BCUT2D eigenvalue weighted by molar-refractivity contribution is 8.00. The van der Waals surface area contributed by atoms with Crippen LogP contribution in [-0.2, 0) is 4.79 Å². The zero-order valence-electron chi connectivity index (χ0n) is 16.4. The van der Waals surface area contributed by atoms with E-state index in [9.17, 15) is 18.0 Å². The zero-order valence-corrected chi connectivity index (χ0v) is 18.1. The van der Waals surface area contributed by atoms with Gasteiger partial charge in [0, 0.05) is 30.2 Å². The summed E-state index contributed by atoms with van der Waals surface area (Å²) in [5, 5.41) is 8.52. The number of rotatable bonds is 7. The van der Waals surface area contributed by atoms with Crippen molar-refractivity contribution in [2.45, 2.75) is 28.0 Å². The maximum Gasteiger partial charge on any atom is 0.288 e. The highest BCUT2D eigenvalue weighted by Gasteiger charge is 2.23. The normalized spacial score (nSPS) is 12.2. The molecule has 0 aliphatic carbocycles. The number of hydrogen-bond acceptors (Lipinski definition) is 5. The molecule has 0 aliphatic rings. The standard InChI is InChI=1S/C20H19F3N4OS2/c1-12(18(28)26(2)3)29-20-25-24-17(13-4-6-14(21)7-5-13)27(20)15-8-10-16(11-9-15)30-19(22)23/h4-12,19H,1-3H3. The first-order valence-electron chi connectivity index (χ1n) is 8.90. The number of aromatic nitrogens is 3. The molecular weight excluding hydrogens is 433 g/mol. The Kier molecular flexibility index (Phi) is 7.09. The van der Waals surface area contributed by atoms with Crippen LogP contribution in [0.1, 0.15) is 6.92 Å². The first-order chi connectivity index (χ1) is 14.3. The third-order valence-electron chi connectivity index (χ3n) is 4.13. The summed E-state index contributed by atoms with van der Waals surface area (Å²) in [6, 6.07) is 12.4. The van der Waals surface area contributed by atoms with Crippen molar-refractivity contribution in [1.82, 2.24) is 19.7 Å². The molecule has 2 aromatic carbocycles. The lowest BCUT2D eigenvalue weighted by Crippen LogP contribution is -2.29. The molecule has 0 radical (unpaired) electrons. The number of halogens is 3. The van der Waals surface area contributed by atoms with Crippen LogP contribution in [0.25, 0.3) is 17.1 Å². The van der Waals surface area contributed by atoms with Crippen molar-refractivity contribution in [3.8, 4) is 17.1 Å². The van der Waals surface area contributed by atoms with Crippen molar-refractivity contribution in [2.24, 2.45) is 0 Å². The fourth-order valence-electron chi connectivity index (χ4n) is 2.71. The molecule has 1 unspecified atom stereocenters. The molecule has 1 heterocycles. The molecule has 1 amide bonds. The number of benzene rings is 2. The number of amides is 1. The topological polar surface area (TPSA) is 51.0 Å². The van der Waals surface area contributed by atoms with Crippen LogP contribution in [0, 0.1) is 5.82 Å². The Balaban J connectivity index is 2.03. The van der Waals surface area contributed by atoms with Gasteiger partial charge in [0.15, 0.2) is 11.0 Å². The lowest BCUT2D eigenvalue weighted by atomic mass is 10.2. The number of alkyl halides is 2. The lowest BCUT2D eigenvalue weighted by molar-refractivity contribution is -0.127. The molecular formula is C20H19F3N4OS2. The van der Waals surface area contributed by atoms with Crippen LogP contribution >= 0.6 is 23.5 Å². The number of hydrogen-bond donors (Lipinski definition) is 0. The van der Waals surface area contributed by atoms with Crippen LogP contribution in [0.3, 0.4) is 0 Å². The lowest BCUT2D eigenvalue weighted by Gasteiger charge is -2.17. The first-order valence-corrected chi connectivity index (χ1v) is 10.7. The van der Waals surface area contributed by atoms with Crippen molar-refractivity contribution < 1.29 is 18.0 Å². The average Bonchev–Trinajstić information content (AvgIpc) is 3.11. The Morgan fingerprint density at radius 3 is 2.20 bits per heavy atom. The van der Waals surface area contributed by atoms with Gasteiger partial charge in [0.05, 0.1) is 5.25 Å². The molecule has 0 spiro atoms. The van der Waals surface area contributed by atoms with Crippen molar-refractivity contribution >= 4 is 29.4 Å². The molecule has 0 N–H and O–H groups in total. The number of nitrogens with zero attached hydrogens (tertiary/aromatic N) is 4. The molecule has 1 aromatic heterocycles. The van der Waals surface area contributed by atoms with Crippen molar-refractivity contribution in [3.63, 3.8) is 0 Å². The minimum atomic E-state index is -2.51. The summed E-state index contributed by atoms with van der Waals surface area (Å²) in [4.78, 5) is 14.2. The van der Waals surface area contributed by atoms with Gasteiger partial charge in [-0.15, -0.1) is 10.2 Å². The Morgan fingerprint density at radius 1 is 1.00 bits per heavy atom. The highest BCUT2D eigenvalue weighted by atomic mass is 32.2. The van der Waals surface area contributed by atoms with Gasteiger partial charge >= 0.3 is 0 Å². The summed E-state index contributed by atoms with van der Waals surface area (Å²) in [6.07, 6.45) is 0. The largest absolute Gasteiger partial charge is 0.348 e. The number of thioether (sulfide) groups is 2. The van der Waals surface area contributed by atoms with Gasteiger partial charge < -0.3 is 4.90 Å². The fourth-order valence-corrected chi connectivity index (χ4v) is 4.23. The highest BCUT2D eigenvalue weighted by Crippen LogP contribution is 2.32. The van der Waals surface area contributed by atoms with Crippen molar-refractivity contribution in [2.75, 3.05) is 14.1 Å². The molecule has 3 aromatic rings. The van der Waals surface area contributed by atoms with E-state index < -0.39 is 11.0 Å². The third-order valence-corrected chi connectivity index (χ3v) is 5.88. The summed E-state index contributed by atoms with van der Waals surface area (Å²) in [5.74, 6) is -2.51. The zero-order chi connectivity index (χ0) is 21.8. The predicted octanol–water partition coefficient (Wildman–Crippen LogP) is 4.96. The summed E-state index contributed by atoms with van der Waals surface area (Å²) in [5.41, 5.74) is 1.28. The molecule has 0 saturated carbocycles. The van der Waals surface area contributed by atoms with E-state index in [0.717, 1.165) is 0 Å². The van der Waals surface area contributed by atoms with Crippen LogP contribution in [0.5, 0.6) is 0 Å². The van der Waals surface area contributed by atoms with Gasteiger partial charge in [0.2, 0.25) is 5.91 Å². The van der Waals surface area contributed by atoms with Crippen molar-refractivity contribution in [3.05, 3.63) is 54.3 Å². The van der Waals surface area contributed by atoms with E-state index in [1.54, 1.807) is 62.0 Å². The van der Waals surface area contributed by atoms with E-state index in [1.165, 1.54) is 28.8 Å². The van der Waals surface area contributed by atoms with Gasteiger partial charge in [-0.25, -0.2) is 4.39 Å². The molecule has 0 saturated heterocycles. The smallest absolute Gasteiger partial charge is 0.288 e. The van der Waals surface area contributed by atoms with E-state index in [-0.39, 0.29) is 11.7 Å². The summed E-state index contributed by atoms with van der Waals surface area (Å²) < 4.78 is 40.4. The minimum Gasteiger partial charge on any atom is -0.348 e. The Hall–Kier alpha value is -2.46. The first kappa shape index (κ1) is 22.2. The Morgan fingerprint density at radius 2 is 1.63 bits per heavy atom. The second-order valence-corrected chi connectivity index (χ2v) is 8.89. The maximum atomic E-state index is 13.4. The van der Waals surface area contributed by atoms with Crippen LogP contribution in [0.2, 0.25) is 0 Å². The second kappa shape index (κ2) is 9.57. The van der Waals surface area contributed by atoms with E-state index in [1.807, 2.05) is 0 Å². The molecule has 5 nitrogen and oxygen atoms in total. The van der Waals surface area contributed by atoms with Crippen LogP contribution < -0.4 is 0 Å². The molecule has 10 heteroatoms. The SMILES string of the molecule is CC(Sc1nnc(-c2ccc(F)cc2)n1-c1ccc(SC(F)F)cc1)C(=O)N(C)C. The molecule has 30 heavy (non-hydrogen) atoms. The van der Waals surface area contributed by atoms with E-state index in [0.29, 0.717) is 38.9 Å². The van der Waals surface area contributed by atoms with Gasteiger partial charge in [0.1, 0.15) is 5.82 Å². The number of carbonyl (C=O) groups excluding carboxylic acids is 1. The van der Waals surface area contributed by atoms with E-state index >= 15 is 0 Å². The molecule has 3 rings (SSSR count). The molecule has 0 aliphatic heterocycles. The third kappa shape index (κ3) is 5.17. The Labute approximate surface area is 180 Å². The van der Waals surface area contributed by atoms with Crippen LogP contribution in [-0.4, -0.2) is 50.7 Å². The van der Waals surface area contributed by atoms with E-state index in [2.05, 4.69) is 10.2 Å². The molecule has 158 valence electrons. The quantitative estimate of drug-likeness (QED) is 0.475. The second-order valence-electron chi connectivity index (χ2n) is 6.51. The summed E-state index contributed by atoms with van der Waals surface area (Å²) in [7, 11) is 3.35. The van der Waals surface area contributed by atoms with Crippen molar-refractivity contribution in [1.29, 1.82) is 0 Å². The predicted molar refractivity (Wildman–Crippen MR) is 113 cm³/mol.